The molecule has 1 unspecified atom stereocenters. The quantitative estimate of drug-likeness (QED) is 0.624. The first kappa shape index (κ1) is 14.7. The summed E-state index contributed by atoms with van der Waals surface area (Å²) in [5.74, 6) is 7.24. The third kappa shape index (κ3) is 3.43. The Balaban J connectivity index is 2.19. The van der Waals surface area contributed by atoms with E-state index in [1.165, 1.54) is 11.1 Å². The Bertz CT molecular complexity index is 547. The van der Waals surface area contributed by atoms with Crippen molar-refractivity contribution in [3.63, 3.8) is 0 Å². The smallest absolute Gasteiger partial charge is 0.138 e. The van der Waals surface area contributed by atoms with Gasteiger partial charge in [0.15, 0.2) is 0 Å². The van der Waals surface area contributed by atoms with Crippen molar-refractivity contribution in [3.8, 4) is 0 Å². The lowest BCUT2D eigenvalue weighted by molar-refractivity contribution is 0.446. The SMILES string of the molecule is Cc1ccccc1C(Cc1ncnn1CC(C)C)NN. The molecule has 0 saturated carbocycles. The molecule has 0 aliphatic rings. The van der Waals surface area contributed by atoms with Gasteiger partial charge < -0.3 is 0 Å². The number of nitrogens with one attached hydrogen (secondary N) is 1. The highest BCUT2D eigenvalue weighted by atomic mass is 15.3. The summed E-state index contributed by atoms with van der Waals surface area (Å²) in [6, 6.07) is 8.31. The number of hydrogen-bond acceptors (Lipinski definition) is 4. The van der Waals surface area contributed by atoms with Crippen LogP contribution in [0.4, 0.5) is 0 Å². The van der Waals surface area contributed by atoms with Gasteiger partial charge in [-0.1, -0.05) is 38.1 Å². The van der Waals surface area contributed by atoms with Gasteiger partial charge in [-0.15, -0.1) is 0 Å². The van der Waals surface area contributed by atoms with Crippen LogP contribution < -0.4 is 11.3 Å². The van der Waals surface area contributed by atoms with Gasteiger partial charge >= 0.3 is 0 Å². The summed E-state index contributed by atoms with van der Waals surface area (Å²) in [4.78, 5) is 4.37. The van der Waals surface area contributed by atoms with Crippen LogP contribution in [0.2, 0.25) is 0 Å². The zero-order chi connectivity index (χ0) is 14.5. The summed E-state index contributed by atoms with van der Waals surface area (Å²) < 4.78 is 1.97. The summed E-state index contributed by atoms with van der Waals surface area (Å²) >= 11 is 0. The molecule has 1 atom stereocenters. The monoisotopic (exact) mass is 273 g/mol. The molecule has 108 valence electrons. The van der Waals surface area contributed by atoms with Crippen molar-refractivity contribution in [2.24, 2.45) is 11.8 Å². The number of benzene rings is 1. The average molecular weight is 273 g/mol. The Labute approximate surface area is 120 Å². The second kappa shape index (κ2) is 6.63. The zero-order valence-electron chi connectivity index (χ0n) is 12.4. The molecule has 0 radical (unpaired) electrons. The van der Waals surface area contributed by atoms with Crippen LogP contribution in [0.25, 0.3) is 0 Å². The average Bonchev–Trinajstić information content (AvgIpc) is 2.83. The van der Waals surface area contributed by atoms with Gasteiger partial charge in [-0.2, -0.15) is 5.10 Å². The van der Waals surface area contributed by atoms with Gasteiger partial charge in [-0.05, 0) is 24.0 Å². The number of rotatable bonds is 6. The number of aryl methyl sites for hydroxylation is 1. The molecule has 0 saturated heterocycles. The van der Waals surface area contributed by atoms with Gasteiger partial charge in [0.1, 0.15) is 12.2 Å². The van der Waals surface area contributed by atoms with Crippen LogP contribution in [0.3, 0.4) is 0 Å². The molecule has 5 nitrogen and oxygen atoms in total. The first-order valence-electron chi connectivity index (χ1n) is 7.00. The molecule has 3 N–H and O–H groups in total. The molecule has 1 aromatic carbocycles. The van der Waals surface area contributed by atoms with Gasteiger partial charge in [0.05, 0.1) is 6.04 Å². The Kier molecular flexibility index (Phi) is 4.87. The molecule has 20 heavy (non-hydrogen) atoms. The van der Waals surface area contributed by atoms with Gasteiger partial charge in [0.2, 0.25) is 0 Å². The highest BCUT2D eigenvalue weighted by molar-refractivity contribution is 5.29. The fourth-order valence-corrected chi connectivity index (χ4v) is 2.36. The highest BCUT2D eigenvalue weighted by Crippen LogP contribution is 2.20. The first-order chi connectivity index (χ1) is 9.61. The first-order valence-corrected chi connectivity index (χ1v) is 7.00. The maximum atomic E-state index is 5.73. The summed E-state index contributed by atoms with van der Waals surface area (Å²) in [5.41, 5.74) is 5.33. The van der Waals surface area contributed by atoms with Crippen molar-refractivity contribution in [2.75, 3.05) is 0 Å². The molecular formula is C15H23N5. The van der Waals surface area contributed by atoms with Crippen molar-refractivity contribution in [1.29, 1.82) is 0 Å². The van der Waals surface area contributed by atoms with E-state index in [0.717, 1.165) is 18.8 Å². The molecule has 0 amide bonds. The van der Waals surface area contributed by atoms with Crippen molar-refractivity contribution >= 4 is 0 Å². The number of hydrogen-bond donors (Lipinski definition) is 2. The van der Waals surface area contributed by atoms with Crippen LogP contribution in [-0.4, -0.2) is 14.8 Å². The summed E-state index contributed by atoms with van der Waals surface area (Å²) in [6.07, 6.45) is 2.34. The third-order valence-electron chi connectivity index (χ3n) is 3.39. The predicted molar refractivity (Wildman–Crippen MR) is 79.8 cm³/mol. The number of aromatic nitrogens is 3. The minimum Gasteiger partial charge on any atom is -0.271 e. The molecule has 0 spiro atoms. The lowest BCUT2D eigenvalue weighted by Crippen LogP contribution is -2.31. The van der Waals surface area contributed by atoms with E-state index in [1.54, 1.807) is 6.33 Å². The Morgan fingerprint density at radius 3 is 2.70 bits per heavy atom. The van der Waals surface area contributed by atoms with Crippen molar-refractivity contribution < 1.29 is 0 Å². The van der Waals surface area contributed by atoms with E-state index in [0.29, 0.717) is 5.92 Å². The molecule has 0 aliphatic heterocycles. The van der Waals surface area contributed by atoms with Crippen LogP contribution >= 0.6 is 0 Å². The topological polar surface area (TPSA) is 68.8 Å². The second-order valence-corrected chi connectivity index (χ2v) is 5.53. The van der Waals surface area contributed by atoms with E-state index in [9.17, 15) is 0 Å². The van der Waals surface area contributed by atoms with E-state index < -0.39 is 0 Å². The molecule has 0 bridgehead atoms. The third-order valence-corrected chi connectivity index (χ3v) is 3.39. The lowest BCUT2D eigenvalue weighted by Gasteiger charge is -2.18. The van der Waals surface area contributed by atoms with Crippen molar-refractivity contribution in [1.82, 2.24) is 20.2 Å². The minimum absolute atomic E-state index is 0.0475. The second-order valence-electron chi connectivity index (χ2n) is 5.53. The van der Waals surface area contributed by atoms with Crippen molar-refractivity contribution in [2.45, 2.75) is 39.8 Å². The highest BCUT2D eigenvalue weighted by Gasteiger charge is 2.16. The van der Waals surface area contributed by atoms with Crippen LogP contribution in [0.5, 0.6) is 0 Å². The normalized spacial score (nSPS) is 12.8. The van der Waals surface area contributed by atoms with Crippen molar-refractivity contribution in [3.05, 3.63) is 47.5 Å². The van der Waals surface area contributed by atoms with Gasteiger partial charge in [-0.25, -0.2) is 9.67 Å². The van der Waals surface area contributed by atoms with Crippen LogP contribution in [-0.2, 0) is 13.0 Å². The van der Waals surface area contributed by atoms with E-state index in [2.05, 4.69) is 48.4 Å². The lowest BCUT2D eigenvalue weighted by atomic mass is 9.99. The summed E-state index contributed by atoms with van der Waals surface area (Å²) in [7, 11) is 0. The maximum Gasteiger partial charge on any atom is 0.138 e. The molecule has 0 fully saturated rings. The Hall–Kier alpha value is -1.72. The summed E-state index contributed by atoms with van der Waals surface area (Å²) in [5, 5.41) is 4.30. The molecule has 2 rings (SSSR count). The number of nitrogens with zero attached hydrogens (tertiary/aromatic N) is 3. The standard InChI is InChI=1S/C15H23N5/c1-11(2)9-20-15(17-10-18-20)8-14(19-16)13-7-5-4-6-12(13)3/h4-7,10-11,14,19H,8-9,16H2,1-3H3. The molecule has 1 aromatic heterocycles. The van der Waals surface area contributed by atoms with Gasteiger partial charge in [0, 0.05) is 13.0 Å². The number of hydrazine groups is 1. The molecule has 0 aliphatic carbocycles. The fraction of sp³-hybridized carbons (Fsp3) is 0.467. The molecule has 5 heteroatoms. The van der Waals surface area contributed by atoms with E-state index in [1.807, 2.05) is 16.8 Å². The van der Waals surface area contributed by atoms with E-state index in [-0.39, 0.29) is 6.04 Å². The Morgan fingerprint density at radius 2 is 2.05 bits per heavy atom. The maximum absolute atomic E-state index is 5.73. The summed E-state index contributed by atoms with van der Waals surface area (Å²) in [6.45, 7) is 7.32. The molecule has 1 heterocycles. The fourth-order valence-electron chi connectivity index (χ4n) is 2.36. The van der Waals surface area contributed by atoms with Gasteiger partial charge in [-0.3, -0.25) is 11.3 Å². The van der Waals surface area contributed by atoms with E-state index in [4.69, 9.17) is 5.84 Å². The van der Waals surface area contributed by atoms with Crippen LogP contribution in [0.1, 0.15) is 36.8 Å². The minimum atomic E-state index is 0.0475. The predicted octanol–water partition coefficient (Wildman–Crippen LogP) is 1.99. The Morgan fingerprint density at radius 1 is 1.30 bits per heavy atom. The van der Waals surface area contributed by atoms with Gasteiger partial charge in [0.25, 0.3) is 0 Å². The zero-order valence-corrected chi connectivity index (χ0v) is 12.4. The molecular weight excluding hydrogens is 250 g/mol. The number of nitrogens with two attached hydrogens (primary N) is 1. The van der Waals surface area contributed by atoms with Crippen LogP contribution in [0.15, 0.2) is 30.6 Å². The van der Waals surface area contributed by atoms with Crippen LogP contribution in [0, 0.1) is 12.8 Å². The molecule has 2 aromatic rings. The largest absolute Gasteiger partial charge is 0.271 e. The van der Waals surface area contributed by atoms with E-state index >= 15 is 0 Å².